The van der Waals surface area contributed by atoms with Crippen molar-refractivity contribution in [3.8, 4) is 0 Å². The van der Waals surface area contributed by atoms with Crippen molar-refractivity contribution in [2.24, 2.45) is 0 Å². The number of aliphatic hydroxyl groups is 2. The minimum atomic E-state index is -1.83. The van der Waals surface area contributed by atoms with Crippen molar-refractivity contribution in [1.82, 2.24) is 5.32 Å². The monoisotopic (exact) mass is 295 g/mol. The largest absolute Gasteiger partial charge is 0.385 e. The molecule has 1 aromatic carbocycles. The van der Waals surface area contributed by atoms with Crippen molar-refractivity contribution in [2.75, 3.05) is 24.2 Å². The molecule has 0 unspecified atom stereocenters. The van der Waals surface area contributed by atoms with E-state index in [4.69, 9.17) is 0 Å². The molecule has 0 aromatic heterocycles. The van der Waals surface area contributed by atoms with Gasteiger partial charge in [-0.25, -0.2) is 0 Å². The van der Waals surface area contributed by atoms with Crippen LogP contribution >= 0.6 is 0 Å². The maximum atomic E-state index is 11.7. The third kappa shape index (κ3) is 5.05. The summed E-state index contributed by atoms with van der Waals surface area (Å²) in [7, 11) is 1.30. The maximum Gasteiger partial charge on any atom is 0.256 e. The summed E-state index contributed by atoms with van der Waals surface area (Å²) in [5.74, 6) is -1.67. The predicted molar refractivity (Wildman–Crippen MR) is 79.9 cm³/mol. The van der Waals surface area contributed by atoms with E-state index < -0.39 is 24.0 Å². The lowest BCUT2D eigenvalue weighted by atomic mass is 10.1. The molecule has 2 amide bonds. The summed E-state index contributed by atoms with van der Waals surface area (Å²) < 4.78 is 0. The highest BCUT2D eigenvalue weighted by Gasteiger charge is 2.29. The SMILES string of the molecule is CCCNc1ccc(NC(=O)[C@H](O)[C@@H](O)C(=O)NC)cc1. The van der Waals surface area contributed by atoms with E-state index in [9.17, 15) is 19.8 Å². The van der Waals surface area contributed by atoms with Crippen LogP contribution in [0.25, 0.3) is 0 Å². The highest BCUT2D eigenvalue weighted by molar-refractivity contribution is 5.98. The summed E-state index contributed by atoms with van der Waals surface area (Å²) in [6, 6.07) is 6.89. The number of likely N-dealkylation sites (N-methyl/N-ethyl adjacent to an activating group) is 1. The Morgan fingerprint density at radius 1 is 1.05 bits per heavy atom. The van der Waals surface area contributed by atoms with Gasteiger partial charge in [0.05, 0.1) is 0 Å². The van der Waals surface area contributed by atoms with Crippen LogP contribution in [-0.4, -0.2) is 47.8 Å². The smallest absolute Gasteiger partial charge is 0.256 e. The first kappa shape index (κ1) is 16.9. The zero-order valence-corrected chi connectivity index (χ0v) is 12.1. The van der Waals surface area contributed by atoms with Crippen molar-refractivity contribution >= 4 is 23.2 Å². The van der Waals surface area contributed by atoms with Gasteiger partial charge in [-0.15, -0.1) is 0 Å². The lowest BCUT2D eigenvalue weighted by molar-refractivity contribution is -0.142. The number of amides is 2. The molecule has 0 radical (unpaired) electrons. The summed E-state index contributed by atoms with van der Waals surface area (Å²) in [4.78, 5) is 22.9. The molecule has 116 valence electrons. The molecular formula is C14H21N3O4. The van der Waals surface area contributed by atoms with Gasteiger partial charge in [-0.1, -0.05) is 6.92 Å². The van der Waals surface area contributed by atoms with E-state index in [-0.39, 0.29) is 0 Å². The van der Waals surface area contributed by atoms with Gasteiger partial charge >= 0.3 is 0 Å². The summed E-state index contributed by atoms with van der Waals surface area (Å²) in [6.07, 6.45) is -2.63. The van der Waals surface area contributed by atoms with E-state index >= 15 is 0 Å². The fourth-order valence-corrected chi connectivity index (χ4v) is 1.59. The number of hydrogen-bond donors (Lipinski definition) is 5. The number of carbonyl (C=O) groups excluding carboxylic acids is 2. The molecule has 5 N–H and O–H groups in total. The van der Waals surface area contributed by atoms with Gasteiger partial charge < -0.3 is 26.2 Å². The molecular weight excluding hydrogens is 274 g/mol. The molecule has 0 aliphatic rings. The summed E-state index contributed by atoms with van der Waals surface area (Å²) in [5.41, 5.74) is 1.38. The molecule has 7 nitrogen and oxygen atoms in total. The molecule has 1 rings (SSSR count). The van der Waals surface area contributed by atoms with Crippen LogP contribution in [0.5, 0.6) is 0 Å². The van der Waals surface area contributed by atoms with Gasteiger partial charge in [-0.2, -0.15) is 0 Å². The lowest BCUT2D eigenvalue weighted by Crippen LogP contribution is -2.46. The average molecular weight is 295 g/mol. The van der Waals surface area contributed by atoms with Crippen LogP contribution in [0.4, 0.5) is 11.4 Å². The molecule has 2 atom stereocenters. The number of benzene rings is 1. The zero-order chi connectivity index (χ0) is 15.8. The molecule has 1 aromatic rings. The number of anilines is 2. The Kier molecular flexibility index (Phi) is 6.64. The molecule has 7 heteroatoms. The zero-order valence-electron chi connectivity index (χ0n) is 12.1. The first-order valence-corrected chi connectivity index (χ1v) is 6.72. The van der Waals surface area contributed by atoms with Gasteiger partial charge in [-0.3, -0.25) is 9.59 Å². The third-order valence-corrected chi connectivity index (χ3v) is 2.81. The van der Waals surface area contributed by atoms with E-state index in [1.807, 2.05) is 0 Å². The fourth-order valence-electron chi connectivity index (χ4n) is 1.59. The van der Waals surface area contributed by atoms with Crippen molar-refractivity contribution in [2.45, 2.75) is 25.6 Å². The second-order valence-electron chi connectivity index (χ2n) is 4.50. The summed E-state index contributed by atoms with van der Waals surface area (Å²) in [6.45, 7) is 2.91. The highest BCUT2D eigenvalue weighted by atomic mass is 16.3. The molecule has 0 aliphatic carbocycles. The highest BCUT2D eigenvalue weighted by Crippen LogP contribution is 2.14. The Hall–Kier alpha value is -2.12. The van der Waals surface area contributed by atoms with Gasteiger partial charge in [0.15, 0.2) is 12.2 Å². The number of nitrogens with one attached hydrogen (secondary N) is 3. The van der Waals surface area contributed by atoms with E-state index in [1.165, 1.54) is 7.05 Å². The first-order chi connectivity index (χ1) is 9.99. The topological polar surface area (TPSA) is 111 Å². The molecule has 0 aliphatic heterocycles. The van der Waals surface area contributed by atoms with Crippen molar-refractivity contribution in [3.05, 3.63) is 24.3 Å². The molecule has 0 spiro atoms. The Labute approximate surface area is 123 Å². The predicted octanol–water partition coefficient (Wildman–Crippen LogP) is -0.0852. The van der Waals surface area contributed by atoms with E-state index in [1.54, 1.807) is 24.3 Å². The molecule has 21 heavy (non-hydrogen) atoms. The van der Waals surface area contributed by atoms with E-state index in [2.05, 4.69) is 22.9 Å². The van der Waals surface area contributed by atoms with Crippen LogP contribution in [0, 0.1) is 0 Å². The van der Waals surface area contributed by atoms with Crippen molar-refractivity contribution < 1.29 is 19.8 Å². The van der Waals surface area contributed by atoms with Crippen LogP contribution in [-0.2, 0) is 9.59 Å². The quantitative estimate of drug-likeness (QED) is 0.483. The van der Waals surface area contributed by atoms with Gasteiger partial charge in [-0.05, 0) is 30.7 Å². The van der Waals surface area contributed by atoms with Crippen LogP contribution in [0.15, 0.2) is 24.3 Å². The fraction of sp³-hybridized carbons (Fsp3) is 0.429. The molecule has 0 bridgehead atoms. The second-order valence-corrected chi connectivity index (χ2v) is 4.50. The number of rotatable bonds is 7. The van der Waals surface area contributed by atoms with Crippen LogP contribution in [0.3, 0.4) is 0 Å². The molecule has 0 saturated carbocycles. The Morgan fingerprint density at radius 2 is 1.57 bits per heavy atom. The standard InChI is InChI=1S/C14H21N3O4/c1-3-8-16-9-4-6-10(7-5-9)17-14(21)12(19)11(18)13(20)15-2/h4-7,11-12,16,18-19H,3,8H2,1-2H3,(H,15,20)(H,17,21)/t11-,12-/m1/s1. The summed E-state index contributed by atoms with van der Waals surface area (Å²) in [5, 5.41) is 26.8. The van der Waals surface area contributed by atoms with Gasteiger partial charge in [0.25, 0.3) is 11.8 Å². The minimum Gasteiger partial charge on any atom is -0.385 e. The minimum absolute atomic E-state index is 0.463. The average Bonchev–Trinajstić information content (AvgIpc) is 2.51. The van der Waals surface area contributed by atoms with Gasteiger partial charge in [0.2, 0.25) is 0 Å². The third-order valence-electron chi connectivity index (χ3n) is 2.81. The Balaban J connectivity index is 2.60. The Morgan fingerprint density at radius 3 is 2.10 bits per heavy atom. The number of hydrogen-bond acceptors (Lipinski definition) is 5. The van der Waals surface area contributed by atoms with Gasteiger partial charge in [0, 0.05) is 25.0 Å². The van der Waals surface area contributed by atoms with E-state index in [0.29, 0.717) is 5.69 Å². The molecule has 0 fully saturated rings. The normalized spacial score (nSPS) is 13.1. The number of carbonyl (C=O) groups is 2. The Bertz CT molecular complexity index is 476. The van der Waals surface area contributed by atoms with E-state index in [0.717, 1.165) is 18.7 Å². The first-order valence-electron chi connectivity index (χ1n) is 6.72. The van der Waals surface area contributed by atoms with Gasteiger partial charge in [0.1, 0.15) is 0 Å². The molecule has 0 heterocycles. The second kappa shape index (κ2) is 8.23. The van der Waals surface area contributed by atoms with Crippen LogP contribution < -0.4 is 16.0 Å². The maximum absolute atomic E-state index is 11.7. The van der Waals surface area contributed by atoms with Crippen LogP contribution in [0.1, 0.15) is 13.3 Å². The number of aliphatic hydroxyl groups excluding tert-OH is 2. The van der Waals surface area contributed by atoms with Crippen molar-refractivity contribution in [3.63, 3.8) is 0 Å². The molecule has 0 saturated heterocycles. The van der Waals surface area contributed by atoms with Crippen LogP contribution in [0.2, 0.25) is 0 Å². The summed E-state index contributed by atoms with van der Waals surface area (Å²) >= 11 is 0. The lowest BCUT2D eigenvalue weighted by Gasteiger charge is -2.16. The van der Waals surface area contributed by atoms with Crippen molar-refractivity contribution in [1.29, 1.82) is 0 Å².